The molecule has 154 valence electrons. The molecule has 7 nitrogen and oxygen atoms in total. The predicted molar refractivity (Wildman–Crippen MR) is 102 cm³/mol. The third-order valence-electron chi connectivity index (χ3n) is 4.00. The van der Waals surface area contributed by atoms with Gasteiger partial charge in [0, 0.05) is 11.6 Å². The fraction of sp³-hybridized carbons (Fsp3) is 0.526. The van der Waals surface area contributed by atoms with E-state index in [1.165, 1.54) is 24.0 Å². The minimum absolute atomic E-state index is 0.0754. The van der Waals surface area contributed by atoms with Crippen LogP contribution in [0.3, 0.4) is 0 Å². The van der Waals surface area contributed by atoms with Gasteiger partial charge in [0.15, 0.2) is 6.10 Å². The van der Waals surface area contributed by atoms with Crippen LogP contribution in [0.1, 0.15) is 40.5 Å². The third kappa shape index (κ3) is 5.82. The number of nitrogens with one attached hydrogen (secondary N) is 1. The molecule has 0 spiro atoms. The number of nitrogens with zero attached hydrogens (tertiary/aromatic N) is 1. The lowest BCUT2D eigenvalue weighted by molar-refractivity contribution is -0.157. The summed E-state index contributed by atoms with van der Waals surface area (Å²) in [7, 11) is 0. The average Bonchev–Trinajstić information content (AvgIpc) is 3.05. The molecule has 1 aromatic carbocycles. The van der Waals surface area contributed by atoms with Gasteiger partial charge in [0.1, 0.15) is 17.5 Å². The fourth-order valence-corrected chi connectivity index (χ4v) is 2.84. The van der Waals surface area contributed by atoms with E-state index >= 15 is 0 Å². The standard InChI is InChI=1S/C19H24ClFN2O5/c1-11(16(24)22-14-8-7-12(20)10-13(14)21)27-17(25)15-6-5-9-23(15)18(26)28-19(2,3)4/h7-8,10-11,15H,5-6,9H2,1-4H3,(H,22,24)/t11-,15+/m1/s1. The van der Waals surface area contributed by atoms with Crippen LogP contribution in [-0.4, -0.2) is 47.2 Å². The lowest BCUT2D eigenvalue weighted by Gasteiger charge is -2.28. The first-order valence-electron chi connectivity index (χ1n) is 8.94. The summed E-state index contributed by atoms with van der Waals surface area (Å²) >= 11 is 5.67. The van der Waals surface area contributed by atoms with E-state index in [4.69, 9.17) is 21.1 Å². The van der Waals surface area contributed by atoms with Gasteiger partial charge in [-0.1, -0.05) is 11.6 Å². The van der Waals surface area contributed by atoms with E-state index in [9.17, 15) is 18.8 Å². The predicted octanol–water partition coefficient (Wildman–Crippen LogP) is 3.75. The van der Waals surface area contributed by atoms with E-state index in [1.54, 1.807) is 20.8 Å². The molecule has 0 radical (unpaired) electrons. The van der Waals surface area contributed by atoms with Crippen molar-refractivity contribution < 1.29 is 28.2 Å². The molecule has 0 aliphatic carbocycles. The Balaban J connectivity index is 1.96. The van der Waals surface area contributed by atoms with Gasteiger partial charge in [-0.15, -0.1) is 0 Å². The summed E-state index contributed by atoms with van der Waals surface area (Å²) in [5.74, 6) is -2.11. The van der Waals surface area contributed by atoms with Crippen LogP contribution in [0, 0.1) is 5.82 Å². The molecule has 0 saturated carbocycles. The van der Waals surface area contributed by atoms with Gasteiger partial charge < -0.3 is 14.8 Å². The maximum Gasteiger partial charge on any atom is 0.411 e. The minimum atomic E-state index is -1.18. The van der Waals surface area contributed by atoms with E-state index in [2.05, 4.69) is 5.32 Å². The highest BCUT2D eigenvalue weighted by atomic mass is 35.5. The Morgan fingerprint density at radius 1 is 1.32 bits per heavy atom. The van der Waals surface area contributed by atoms with E-state index in [-0.39, 0.29) is 10.7 Å². The molecule has 1 N–H and O–H groups in total. The van der Waals surface area contributed by atoms with Crippen LogP contribution in [0.4, 0.5) is 14.9 Å². The largest absolute Gasteiger partial charge is 0.451 e. The van der Waals surface area contributed by atoms with Crippen molar-refractivity contribution in [3.63, 3.8) is 0 Å². The summed E-state index contributed by atoms with van der Waals surface area (Å²) in [6.07, 6.45) is -0.746. The molecular formula is C19H24ClFN2O5. The van der Waals surface area contributed by atoms with Crippen LogP contribution in [0.5, 0.6) is 0 Å². The number of carbonyl (C=O) groups excluding carboxylic acids is 3. The lowest BCUT2D eigenvalue weighted by Crippen LogP contribution is -2.45. The first-order chi connectivity index (χ1) is 13.0. The van der Waals surface area contributed by atoms with Crippen LogP contribution in [0.15, 0.2) is 18.2 Å². The molecule has 2 atom stereocenters. The van der Waals surface area contributed by atoms with Crippen LogP contribution < -0.4 is 5.32 Å². The zero-order valence-corrected chi connectivity index (χ0v) is 17.0. The Hall–Kier alpha value is -2.35. The van der Waals surface area contributed by atoms with Crippen LogP contribution in [-0.2, 0) is 19.1 Å². The van der Waals surface area contributed by atoms with Crippen molar-refractivity contribution in [2.24, 2.45) is 0 Å². The molecule has 0 bridgehead atoms. The summed E-state index contributed by atoms with van der Waals surface area (Å²) in [4.78, 5) is 38.2. The molecule has 0 unspecified atom stereocenters. The average molecular weight is 415 g/mol. The molecule has 2 rings (SSSR count). The summed E-state index contributed by atoms with van der Waals surface area (Å²) in [6.45, 7) is 6.93. The number of amides is 2. The maximum absolute atomic E-state index is 13.8. The minimum Gasteiger partial charge on any atom is -0.451 e. The molecule has 0 aromatic heterocycles. The molecule has 1 aliphatic rings. The van der Waals surface area contributed by atoms with E-state index in [0.29, 0.717) is 19.4 Å². The van der Waals surface area contributed by atoms with Gasteiger partial charge in [0.05, 0.1) is 5.69 Å². The maximum atomic E-state index is 13.8. The molecule has 1 heterocycles. The number of halogens is 2. The van der Waals surface area contributed by atoms with E-state index < -0.39 is 41.5 Å². The van der Waals surface area contributed by atoms with Gasteiger partial charge in [0.25, 0.3) is 5.91 Å². The van der Waals surface area contributed by atoms with E-state index in [0.717, 1.165) is 6.07 Å². The van der Waals surface area contributed by atoms with Crippen molar-refractivity contribution in [1.82, 2.24) is 4.90 Å². The summed E-state index contributed by atoms with van der Waals surface area (Å²) in [6, 6.07) is 2.97. The second-order valence-electron chi connectivity index (χ2n) is 7.52. The SMILES string of the molecule is C[C@@H](OC(=O)[C@@H]1CCCN1C(=O)OC(C)(C)C)C(=O)Nc1ccc(Cl)cc1F. The Labute approximate surface area is 168 Å². The highest BCUT2D eigenvalue weighted by Crippen LogP contribution is 2.23. The van der Waals surface area contributed by atoms with Crippen LogP contribution in [0.2, 0.25) is 5.02 Å². The molecule has 1 fully saturated rings. The molecule has 2 amide bonds. The quantitative estimate of drug-likeness (QED) is 0.758. The molecule has 9 heteroatoms. The number of anilines is 1. The highest BCUT2D eigenvalue weighted by molar-refractivity contribution is 6.30. The second-order valence-corrected chi connectivity index (χ2v) is 7.96. The number of esters is 1. The number of benzene rings is 1. The zero-order valence-electron chi connectivity index (χ0n) is 16.3. The highest BCUT2D eigenvalue weighted by Gasteiger charge is 2.38. The first-order valence-corrected chi connectivity index (χ1v) is 9.32. The van der Waals surface area contributed by atoms with Gasteiger partial charge >= 0.3 is 12.1 Å². The monoisotopic (exact) mass is 414 g/mol. The van der Waals surface area contributed by atoms with Crippen molar-refractivity contribution in [2.75, 3.05) is 11.9 Å². The van der Waals surface area contributed by atoms with Gasteiger partial charge in [-0.2, -0.15) is 0 Å². The Kier molecular flexibility index (Phi) is 6.87. The summed E-state index contributed by atoms with van der Waals surface area (Å²) in [5.41, 5.74) is -0.766. The van der Waals surface area contributed by atoms with Gasteiger partial charge in [-0.25, -0.2) is 14.0 Å². The van der Waals surface area contributed by atoms with Gasteiger partial charge in [0.2, 0.25) is 0 Å². The molecular weight excluding hydrogens is 391 g/mol. The summed E-state index contributed by atoms with van der Waals surface area (Å²) < 4.78 is 24.3. The topological polar surface area (TPSA) is 84.9 Å². The lowest BCUT2D eigenvalue weighted by atomic mass is 10.2. The van der Waals surface area contributed by atoms with Crippen molar-refractivity contribution in [3.8, 4) is 0 Å². The Morgan fingerprint density at radius 2 is 2.00 bits per heavy atom. The van der Waals surface area contributed by atoms with Gasteiger partial charge in [-0.3, -0.25) is 9.69 Å². The second kappa shape index (κ2) is 8.77. The summed E-state index contributed by atoms with van der Waals surface area (Å²) in [5, 5.41) is 2.54. The smallest absolute Gasteiger partial charge is 0.411 e. The fourth-order valence-electron chi connectivity index (χ4n) is 2.68. The third-order valence-corrected chi connectivity index (χ3v) is 4.24. The number of hydrogen-bond donors (Lipinski definition) is 1. The Morgan fingerprint density at radius 3 is 2.61 bits per heavy atom. The normalized spacial score (nSPS) is 17.8. The molecule has 1 aliphatic heterocycles. The number of rotatable bonds is 4. The Bertz CT molecular complexity index is 765. The number of carbonyl (C=O) groups is 3. The van der Waals surface area contributed by atoms with Crippen LogP contribution in [0.25, 0.3) is 0 Å². The van der Waals surface area contributed by atoms with E-state index in [1.807, 2.05) is 0 Å². The van der Waals surface area contributed by atoms with Crippen molar-refractivity contribution >= 4 is 35.3 Å². The van der Waals surface area contributed by atoms with Crippen molar-refractivity contribution in [1.29, 1.82) is 0 Å². The first kappa shape index (κ1) is 21.9. The van der Waals surface area contributed by atoms with Crippen LogP contribution >= 0.6 is 11.6 Å². The van der Waals surface area contributed by atoms with Crippen molar-refractivity contribution in [3.05, 3.63) is 29.0 Å². The van der Waals surface area contributed by atoms with Crippen molar-refractivity contribution in [2.45, 2.75) is 58.3 Å². The molecule has 1 saturated heterocycles. The zero-order chi connectivity index (χ0) is 21.1. The number of hydrogen-bond acceptors (Lipinski definition) is 5. The molecule has 1 aromatic rings. The van der Waals surface area contributed by atoms with Gasteiger partial charge in [-0.05, 0) is 58.7 Å². The number of likely N-dealkylation sites (tertiary alicyclic amines) is 1. The number of ether oxygens (including phenoxy) is 2. The molecule has 28 heavy (non-hydrogen) atoms.